The van der Waals surface area contributed by atoms with Crippen LogP contribution >= 0.6 is 0 Å². The van der Waals surface area contributed by atoms with Crippen molar-refractivity contribution in [2.24, 2.45) is 0 Å². The number of ether oxygens (including phenoxy) is 2. The van der Waals surface area contributed by atoms with Crippen LogP contribution in [0.15, 0.2) is 18.2 Å². The van der Waals surface area contributed by atoms with Crippen LogP contribution in [0.1, 0.15) is 18.1 Å². The minimum absolute atomic E-state index is 0.106. The Morgan fingerprint density at radius 2 is 1.66 bits per heavy atom. The molecule has 0 bridgehead atoms. The second-order valence-corrected chi connectivity index (χ2v) is 5.91. The number of carbonyl (C=O) groups is 3. The Morgan fingerprint density at radius 1 is 1.14 bits per heavy atom. The van der Waals surface area contributed by atoms with Gasteiger partial charge in [0.2, 0.25) is 6.10 Å². The van der Waals surface area contributed by atoms with Crippen molar-refractivity contribution in [2.45, 2.75) is 31.5 Å². The number of benzene rings is 1. The number of aliphatic carboxylic acids is 1. The van der Waals surface area contributed by atoms with Crippen molar-refractivity contribution in [3.63, 3.8) is 0 Å². The van der Waals surface area contributed by atoms with E-state index in [4.69, 9.17) is 9.84 Å². The zero-order valence-corrected chi connectivity index (χ0v) is 14.5. The van der Waals surface area contributed by atoms with Gasteiger partial charge in [-0.15, -0.1) is 0 Å². The molecular formula is C16H13F6NO6. The number of hydrogen-bond donors (Lipinski definition) is 1. The summed E-state index contributed by atoms with van der Waals surface area (Å²) in [7, 11) is 0. The molecule has 7 nitrogen and oxygen atoms in total. The minimum atomic E-state index is -5.13. The van der Waals surface area contributed by atoms with Crippen LogP contribution in [0.25, 0.3) is 0 Å². The zero-order valence-electron chi connectivity index (χ0n) is 14.5. The highest BCUT2D eigenvalue weighted by Crippen LogP contribution is 2.39. The summed E-state index contributed by atoms with van der Waals surface area (Å²) in [5.41, 5.74) is -4.04. The Kier molecular flexibility index (Phi) is 6.11. The first kappa shape index (κ1) is 22.5. The van der Waals surface area contributed by atoms with E-state index < -0.39 is 72.4 Å². The highest BCUT2D eigenvalue weighted by atomic mass is 19.4. The van der Waals surface area contributed by atoms with E-state index in [9.17, 15) is 40.7 Å². The molecule has 160 valence electrons. The topological polar surface area (TPSA) is 93.1 Å². The first-order chi connectivity index (χ1) is 13.2. The lowest BCUT2D eigenvalue weighted by Gasteiger charge is -2.34. The first-order valence-electron chi connectivity index (χ1n) is 7.84. The molecular weight excluding hydrogens is 416 g/mol. The number of carboxylic acid groups (broad SMARTS) is 1. The van der Waals surface area contributed by atoms with E-state index >= 15 is 0 Å². The third-order valence-corrected chi connectivity index (χ3v) is 3.82. The number of hydrogen-bond acceptors (Lipinski definition) is 5. The Bertz CT molecular complexity index is 789. The number of anilines is 1. The normalized spacial score (nSPS) is 19.1. The fourth-order valence-electron chi connectivity index (χ4n) is 2.59. The van der Waals surface area contributed by atoms with Gasteiger partial charge in [0.25, 0.3) is 5.91 Å². The molecule has 2 unspecified atom stereocenters. The van der Waals surface area contributed by atoms with E-state index in [1.165, 1.54) is 0 Å². The van der Waals surface area contributed by atoms with Crippen molar-refractivity contribution in [1.82, 2.24) is 0 Å². The summed E-state index contributed by atoms with van der Waals surface area (Å²) in [5, 5.41) is 9.13. The predicted molar refractivity (Wildman–Crippen MR) is 81.7 cm³/mol. The van der Waals surface area contributed by atoms with Gasteiger partial charge < -0.3 is 19.5 Å². The number of carbonyl (C=O) groups excluding carboxylic acids is 2. The van der Waals surface area contributed by atoms with Gasteiger partial charge in [-0.25, -0.2) is 4.79 Å². The summed E-state index contributed by atoms with van der Waals surface area (Å²) in [5.74, 6) is -4.12. The van der Waals surface area contributed by atoms with E-state index in [1.54, 1.807) is 0 Å². The SMILES string of the molecule is CC(=O)OC(C(=O)O)C1OCCN(c2cc(C(F)(F)F)cc(C(F)(F)F)c2)C1=O. The Labute approximate surface area is 158 Å². The monoisotopic (exact) mass is 429 g/mol. The van der Waals surface area contributed by atoms with Gasteiger partial charge in [-0.1, -0.05) is 0 Å². The lowest BCUT2D eigenvalue weighted by molar-refractivity contribution is -0.177. The van der Waals surface area contributed by atoms with Crippen molar-refractivity contribution in [1.29, 1.82) is 0 Å². The quantitative estimate of drug-likeness (QED) is 0.584. The second kappa shape index (κ2) is 7.89. The third kappa shape index (κ3) is 5.16. The van der Waals surface area contributed by atoms with Gasteiger partial charge in [-0.3, -0.25) is 9.59 Å². The van der Waals surface area contributed by atoms with Crippen LogP contribution in [0.4, 0.5) is 32.0 Å². The molecule has 1 heterocycles. The van der Waals surface area contributed by atoms with Crippen LogP contribution in [0.5, 0.6) is 0 Å². The minimum Gasteiger partial charge on any atom is -0.478 e. The molecule has 1 saturated heterocycles. The number of carboxylic acids is 1. The molecule has 1 aromatic carbocycles. The van der Waals surface area contributed by atoms with Crippen LogP contribution in [0.3, 0.4) is 0 Å². The van der Waals surface area contributed by atoms with E-state index in [-0.39, 0.29) is 6.07 Å². The molecule has 2 atom stereocenters. The summed E-state index contributed by atoms with van der Waals surface area (Å²) >= 11 is 0. The van der Waals surface area contributed by atoms with Gasteiger partial charge >= 0.3 is 24.3 Å². The number of nitrogens with zero attached hydrogens (tertiary/aromatic N) is 1. The van der Waals surface area contributed by atoms with Crippen LogP contribution in [-0.2, 0) is 36.2 Å². The van der Waals surface area contributed by atoms with E-state index in [2.05, 4.69) is 4.74 Å². The lowest BCUT2D eigenvalue weighted by atomic mass is 10.1. The maximum absolute atomic E-state index is 13.0. The molecule has 13 heteroatoms. The van der Waals surface area contributed by atoms with Gasteiger partial charge in [-0.2, -0.15) is 26.3 Å². The molecule has 0 aromatic heterocycles. The van der Waals surface area contributed by atoms with Gasteiger partial charge in [0.15, 0.2) is 6.10 Å². The fourth-order valence-corrected chi connectivity index (χ4v) is 2.59. The molecule has 1 N–H and O–H groups in total. The zero-order chi connectivity index (χ0) is 22.1. The standard InChI is InChI=1S/C16H13F6NO6/c1-7(24)29-12(14(26)27)11-13(25)23(2-3-28-11)10-5-8(15(17,18)19)4-9(6-10)16(20,21)22/h4-6,11-12H,2-3H2,1H3,(H,26,27). The molecule has 1 fully saturated rings. The molecule has 29 heavy (non-hydrogen) atoms. The molecule has 0 spiro atoms. The number of esters is 1. The molecule has 0 aliphatic carbocycles. The lowest BCUT2D eigenvalue weighted by Crippen LogP contribution is -2.55. The second-order valence-electron chi connectivity index (χ2n) is 5.91. The van der Waals surface area contributed by atoms with Gasteiger partial charge in [0, 0.05) is 19.2 Å². The van der Waals surface area contributed by atoms with Crippen LogP contribution in [0.2, 0.25) is 0 Å². The highest BCUT2D eigenvalue weighted by Gasteiger charge is 2.44. The van der Waals surface area contributed by atoms with E-state index in [1.807, 2.05) is 0 Å². The van der Waals surface area contributed by atoms with Crippen molar-refractivity contribution in [3.05, 3.63) is 29.3 Å². The Hall–Kier alpha value is -2.83. The van der Waals surface area contributed by atoms with Crippen LogP contribution in [-0.4, -0.2) is 48.3 Å². The number of rotatable bonds is 4. The van der Waals surface area contributed by atoms with Crippen molar-refractivity contribution >= 4 is 23.5 Å². The molecule has 1 aliphatic rings. The van der Waals surface area contributed by atoms with E-state index in [0.717, 1.165) is 6.92 Å². The maximum Gasteiger partial charge on any atom is 0.416 e. The van der Waals surface area contributed by atoms with Crippen LogP contribution < -0.4 is 4.90 Å². The summed E-state index contributed by atoms with van der Waals surface area (Å²) in [6, 6.07) is 0.555. The fraction of sp³-hybridized carbons (Fsp3) is 0.438. The van der Waals surface area contributed by atoms with Crippen molar-refractivity contribution in [2.75, 3.05) is 18.1 Å². The summed E-state index contributed by atoms with van der Waals surface area (Å²) in [6.07, 6.45) is -14.3. The number of alkyl halides is 6. The third-order valence-electron chi connectivity index (χ3n) is 3.82. The molecule has 0 radical (unpaired) electrons. The van der Waals surface area contributed by atoms with Crippen molar-refractivity contribution < 1.29 is 55.3 Å². The number of amides is 1. The summed E-state index contributed by atoms with van der Waals surface area (Å²) in [4.78, 5) is 35.4. The molecule has 1 aromatic rings. The predicted octanol–water partition coefficient (Wildman–Crippen LogP) is 2.47. The summed E-state index contributed by atoms with van der Waals surface area (Å²) in [6.45, 7) is -0.0111. The molecule has 1 amide bonds. The molecule has 2 rings (SSSR count). The van der Waals surface area contributed by atoms with Gasteiger partial charge in [0.05, 0.1) is 17.7 Å². The summed E-state index contributed by atoms with van der Waals surface area (Å²) < 4.78 is 87.6. The average Bonchev–Trinajstić information content (AvgIpc) is 2.58. The smallest absolute Gasteiger partial charge is 0.416 e. The van der Waals surface area contributed by atoms with Gasteiger partial charge in [-0.05, 0) is 18.2 Å². The van der Waals surface area contributed by atoms with Crippen molar-refractivity contribution in [3.8, 4) is 0 Å². The maximum atomic E-state index is 13.0. The van der Waals surface area contributed by atoms with Gasteiger partial charge in [0.1, 0.15) is 0 Å². The largest absolute Gasteiger partial charge is 0.478 e. The highest BCUT2D eigenvalue weighted by molar-refractivity contribution is 6.00. The average molecular weight is 429 g/mol. The van der Waals surface area contributed by atoms with E-state index in [0.29, 0.717) is 17.0 Å². The molecule has 1 aliphatic heterocycles. The first-order valence-corrected chi connectivity index (χ1v) is 7.84. The number of halogens is 6. The Balaban J connectivity index is 2.49. The molecule has 0 saturated carbocycles. The Morgan fingerprint density at radius 3 is 2.07 bits per heavy atom. The number of morpholine rings is 1. The van der Waals surface area contributed by atoms with Crippen LogP contribution in [0, 0.1) is 0 Å².